The number of aromatic amines is 1. The Morgan fingerprint density at radius 1 is 1.00 bits per heavy atom. The highest BCUT2D eigenvalue weighted by Gasteiger charge is 2.16. The summed E-state index contributed by atoms with van der Waals surface area (Å²) in [4.78, 5) is 22.1. The monoisotopic (exact) mass is 525 g/mol. The van der Waals surface area contributed by atoms with Crippen LogP contribution in [0.15, 0.2) is 79.1 Å². The van der Waals surface area contributed by atoms with E-state index in [4.69, 9.17) is 11.6 Å². The lowest BCUT2D eigenvalue weighted by Crippen LogP contribution is -2.44. The molecular weight excluding hydrogens is 498 g/mol. The zero-order chi connectivity index (χ0) is 26.1. The van der Waals surface area contributed by atoms with Crippen LogP contribution in [0.5, 0.6) is 0 Å². The zero-order valence-corrected chi connectivity index (χ0v) is 21.8. The Morgan fingerprint density at radius 3 is 2.58 bits per heavy atom. The van der Waals surface area contributed by atoms with Crippen molar-refractivity contribution < 1.29 is 4.79 Å². The van der Waals surface area contributed by atoms with Crippen molar-refractivity contribution in [1.82, 2.24) is 24.6 Å². The fourth-order valence-corrected chi connectivity index (χ4v) is 4.97. The second-order valence-electron chi connectivity index (χ2n) is 9.63. The first-order chi connectivity index (χ1) is 18.5. The molecule has 38 heavy (non-hydrogen) atoms. The van der Waals surface area contributed by atoms with Crippen LogP contribution >= 0.6 is 11.6 Å². The fourth-order valence-electron chi connectivity index (χ4n) is 4.77. The third-order valence-corrected chi connectivity index (χ3v) is 7.42. The van der Waals surface area contributed by atoms with Crippen molar-refractivity contribution in [2.75, 3.05) is 43.4 Å². The minimum absolute atomic E-state index is 0.193. The fraction of sp³-hybridized carbons (Fsp3) is 0.207. The minimum Gasteiger partial charge on any atom is -0.369 e. The number of hydrogen-bond acceptors (Lipinski definition) is 5. The van der Waals surface area contributed by atoms with E-state index in [1.54, 1.807) is 0 Å². The maximum Gasteiger partial charge on any atom is 0.256 e. The summed E-state index contributed by atoms with van der Waals surface area (Å²) in [6.07, 6.45) is 1.82. The molecule has 5 aromatic rings. The molecule has 0 bridgehead atoms. The number of imidazole rings is 1. The predicted octanol–water partition coefficient (Wildman–Crippen LogP) is 5.13. The standard InChI is InChI=1S/C29H28ClN7O/c1-35-12-14-36(15-13-35)23-9-6-20(7-10-23)29(38)32-28-17-26(33-34-28)21-8-11-25-27(16-21)37(19-31-25)18-22-4-2-3-5-24(22)30/h2-11,16-17,19H,12-15,18H2,1H3,(H2,32,33,34,38). The van der Waals surface area contributed by atoms with Gasteiger partial charge in [-0.25, -0.2) is 4.98 Å². The lowest BCUT2D eigenvalue weighted by Gasteiger charge is -2.34. The molecular formula is C29H28ClN7O. The van der Waals surface area contributed by atoms with Gasteiger partial charge in [-0.05, 0) is 55.1 Å². The average molecular weight is 526 g/mol. The van der Waals surface area contributed by atoms with E-state index in [9.17, 15) is 4.79 Å². The van der Waals surface area contributed by atoms with Crippen molar-refractivity contribution in [2.45, 2.75) is 6.54 Å². The van der Waals surface area contributed by atoms with E-state index in [1.165, 1.54) is 0 Å². The molecule has 3 heterocycles. The van der Waals surface area contributed by atoms with Crippen LogP contribution in [0.1, 0.15) is 15.9 Å². The zero-order valence-electron chi connectivity index (χ0n) is 21.1. The molecule has 0 saturated carbocycles. The molecule has 192 valence electrons. The van der Waals surface area contributed by atoms with Crippen molar-refractivity contribution in [3.63, 3.8) is 0 Å². The number of carbonyl (C=O) groups is 1. The second kappa shape index (κ2) is 10.3. The van der Waals surface area contributed by atoms with E-state index < -0.39 is 0 Å². The molecule has 1 aliphatic heterocycles. The summed E-state index contributed by atoms with van der Waals surface area (Å²) in [5, 5.41) is 11.0. The molecule has 2 aromatic heterocycles. The van der Waals surface area contributed by atoms with Gasteiger partial charge in [0.1, 0.15) is 0 Å². The van der Waals surface area contributed by atoms with E-state index in [1.807, 2.05) is 73.1 Å². The molecule has 0 aliphatic carbocycles. The maximum absolute atomic E-state index is 12.9. The molecule has 6 rings (SSSR count). The number of fused-ring (bicyclic) bond motifs is 1. The van der Waals surface area contributed by atoms with Crippen molar-refractivity contribution >= 4 is 40.0 Å². The number of H-pyrrole nitrogens is 1. The third kappa shape index (κ3) is 5.01. The number of benzene rings is 3. The van der Waals surface area contributed by atoms with Gasteiger partial charge in [0.15, 0.2) is 5.82 Å². The van der Waals surface area contributed by atoms with Crippen molar-refractivity contribution in [3.05, 3.63) is 95.3 Å². The normalized spacial score (nSPS) is 14.2. The molecule has 0 unspecified atom stereocenters. The number of carbonyl (C=O) groups excluding carboxylic acids is 1. The molecule has 1 fully saturated rings. The first kappa shape index (κ1) is 24.2. The van der Waals surface area contributed by atoms with Crippen LogP contribution in [-0.4, -0.2) is 63.8 Å². The average Bonchev–Trinajstić information content (AvgIpc) is 3.57. The molecule has 8 nitrogen and oxygen atoms in total. The number of nitrogens with zero attached hydrogens (tertiary/aromatic N) is 5. The van der Waals surface area contributed by atoms with Crippen LogP contribution in [0.4, 0.5) is 11.5 Å². The number of rotatable bonds is 6. The minimum atomic E-state index is -0.193. The lowest BCUT2D eigenvalue weighted by molar-refractivity contribution is 0.102. The molecule has 9 heteroatoms. The van der Waals surface area contributed by atoms with E-state index in [0.717, 1.165) is 64.7 Å². The molecule has 0 radical (unpaired) electrons. The number of nitrogens with one attached hydrogen (secondary N) is 2. The Bertz CT molecular complexity index is 1580. The predicted molar refractivity (Wildman–Crippen MR) is 152 cm³/mol. The summed E-state index contributed by atoms with van der Waals surface area (Å²) in [5.74, 6) is 0.277. The SMILES string of the molecule is CN1CCN(c2ccc(C(=O)Nc3cc(-c4ccc5ncn(Cc6ccccc6Cl)c5c4)[nH]n3)cc2)CC1. The Balaban J connectivity index is 1.16. The second-order valence-corrected chi connectivity index (χ2v) is 10.0. The van der Waals surface area contributed by atoms with E-state index >= 15 is 0 Å². The number of amides is 1. The van der Waals surface area contributed by atoms with E-state index in [-0.39, 0.29) is 5.91 Å². The highest BCUT2D eigenvalue weighted by Crippen LogP contribution is 2.26. The quantitative estimate of drug-likeness (QED) is 0.321. The van der Waals surface area contributed by atoms with E-state index in [0.29, 0.717) is 17.9 Å². The summed E-state index contributed by atoms with van der Waals surface area (Å²) in [5.41, 5.74) is 6.40. The van der Waals surface area contributed by atoms with Gasteiger partial charge < -0.3 is 19.7 Å². The van der Waals surface area contributed by atoms with Crippen LogP contribution in [0, 0.1) is 0 Å². The van der Waals surface area contributed by atoms with Gasteiger partial charge >= 0.3 is 0 Å². The van der Waals surface area contributed by atoms with Crippen molar-refractivity contribution in [1.29, 1.82) is 0 Å². The van der Waals surface area contributed by atoms with E-state index in [2.05, 4.69) is 48.0 Å². The van der Waals surface area contributed by atoms with Crippen molar-refractivity contribution in [3.8, 4) is 11.3 Å². The van der Waals surface area contributed by atoms with Crippen LogP contribution < -0.4 is 10.2 Å². The molecule has 2 N–H and O–H groups in total. The van der Waals surface area contributed by atoms with Gasteiger partial charge in [-0.3, -0.25) is 9.89 Å². The Morgan fingerprint density at radius 2 is 1.79 bits per heavy atom. The van der Waals surface area contributed by atoms with Gasteiger partial charge in [0, 0.05) is 54.1 Å². The largest absolute Gasteiger partial charge is 0.369 e. The number of hydrogen-bond donors (Lipinski definition) is 2. The van der Waals surface area contributed by atoms with Gasteiger partial charge in [0.25, 0.3) is 5.91 Å². The molecule has 0 atom stereocenters. The maximum atomic E-state index is 12.9. The summed E-state index contributed by atoms with van der Waals surface area (Å²) < 4.78 is 2.07. The van der Waals surface area contributed by atoms with Crippen LogP contribution in [0.2, 0.25) is 5.02 Å². The summed E-state index contributed by atoms with van der Waals surface area (Å²) in [7, 11) is 2.14. The first-order valence-corrected chi connectivity index (χ1v) is 13.0. The molecule has 1 amide bonds. The van der Waals surface area contributed by atoms with Crippen molar-refractivity contribution in [2.24, 2.45) is 0 Å². The lowest BCUT2D eigenvalue weighted by atomic mass is 10.1. The molecule has 1 aliphatic rings. The van der Waals surface area contributed by atoms with Crippen LogP contribution in [0.25, 0.3) is 22.3 Å². The number of piperazine rings is 1. The molecule has 0 spiro atoms. The highest BCUT2D eigenvalue weighted by atomic mass is 35.5. The van der Waals surface area contributed by atoms with Gasteiger partial charge in [0.05, 0.1) is 29.6 Å². The summed E-state index contributed by atoms with van der Waals surface area (Å²) >= 11 is 6.37. The number of anilines is 2. The number of likely N-dealkylation sites (N-methyl/N-ethyl adjacent to an activating group) is 1. The Labute approximate surface area is 225 Å². The summed E-state index contributed by atoms with van der Waals surface area (Å²) in [6.45, 7) is 4.69. The third-order valence-electron chi connectivity index (χ3n) is 7.05. The first-order valence-electron chi connectivity index (χ1n) is 12.6. The van der Waals surface area contributed by atoms with Gasteiger partial charge in [-0.1, -0.05) is 35.9 Å². The molecule has 1 saturated heterocycles. The Kier molecular flexibility index (Phi) is 6.57. The highest BCUT2D eigenvalue weighted by molar-refractivity contribution is 6.31. The number of aromatic nitrogens is 4. The molecule has 3 aromatic carbocycles. The Hall–Kier alpha value is -4.14. The van der Waals surface area contributed by atoms with Gasteiger partial charge in [0.2, 0.25) is 0 Å². The van der Waals surface area contributed by atoms with Gasteiger partial charge in [-0.15, -0.1) is 0 Å². The van der Waals surface area contributed by atoms with Gasteiger partial charge in [-0.2, -0.15) is 5.10 Å². The number of halogens is 1. The van der Waals surface area contributed by atoms with Crippen LogP contribution in [0.3, 0.4) is 0 Å². The summed E-state index contributed by atoms with van der Waals surface area (Å²) in [6, 6.07) is 23.4. The van der Waals surface area contributed by atoms with Crippen LogP contribution in [-0.2, 0) is 6.54 Å². The smallest absolute Gasteiger partial charge is 0.256 e. The topological polar surface area (TPSA) is 82.1 Å².